The maximum absolute atomic E-state index is 5.99. The van der Waals surface area contributed by atoms with Gasteiger partial charge in [-0.15, -0.1) is 9.24 Å². The van der Waals surface area contributed by atoms with Crippen LogP contribution in [-0.4, -0.2) is 9.97 Å². The average Bonchev–Trinajstić information content (AvgIpc) is 2.07. The van der Waals surface area contributed by atoms with Crippen LogP contribution in [0.5, 0.6) is 0 Å². The first-order valence-electron chi connectivity index (χ1n) is 3.97. The van der Waals surface area contributed by atoms with E-state index in [-0.39, 0.29) is 0 Å². The topological polar surface area (TPSA) is 25.8 Å². The van der Waals surface area contributed by atoms with E-state index in [4.69, 9.17) is 23.2 Å². The van der Waals surface area contributed by atoms with Crippen LogP contribution in [0.2, 0.25) is 10.2 Å². The molecule has 1 unspecified atom stereocenters. The van der Waals surface area contributed by atoms with Crippen LogP contribution in [-0.2, 0) is 0 Å². The Morgan fingerprint density at radius 3 is 2.64 bits per heavy atom. The van der Waals surface area contributed by atoms with Gasteiger partial charge in [0.2, 0.25) is 0 Å². The lowest BCUT2D eigenvalue weighted by molar-refractivity contribution is 1.09. The normalized spacial score (nSPS) is 10.9. The Balaban J connectivity index is 2.94. The second-order valence-corrected chi connectivity index (χ2v) is 4.37. The minimum Gasteiger partial charge on any atom is -0.232 e. The largest absolute Gasteiger partial charge is 0.232 e. The summed E-state index contributed by atoms with van der Waals surface area (Å²) in [5.74, 6) is 0.661. The van der Waals surface area contributed by atoms with Gasteiger partial charge in [-0.05, 0) is 24.4 Å². The molecule has 1 heterocycles. The molecule has 0 radical (unpaired) electrons. The Hall–Kier alpha value is -0.430. The Bertz CT molecular complexity index is 466. The average molecular weight is 245 g/mol. The molecule has 72 valence electrons. The van der Waals surface area contributed by atoms with Crippen LogP contribution in [0.3, 0.4) is 0 Å². The summed E-state index contributed by atoms with van der Waals surface area (Å²) in [6, 6.07) is 3.60. The molecule has 0 saturated heterocycles. The van der Waals surface area contributed by atoms with Crippen LogP contribution in [0.15, 0.2) is 12.1 Å². The third-order valence-corrected chi connectivity index (χ3v) is 2.81. The van der Waals surface area contributed by atoms with Crippen molar-refractivity contribution in [1.82, 2.24) is 9.97 Å². The van der Waals surface area contributed by atoms with Crippen LogP contribution in [0.25, 0.3) is 10.9 Å². The highest BCUT2D eigenvalue weighted by Gasteiger charge is 2.07. The summed E-state index contributed by atoms with van der Waals surface area (Å²) < 4.78 is 0. The zero-order valence-electron chi connectivity index (χ0n) is 7.38. The van der Waals surface area contributed by atoms with Gasteiger partial charge >= 0.3 is 0 Å². The maximum atomic E-state index is 5.99. The molecule has 0 aliphatic rings. The molecule has 1 aromatic carbocycles. The van der Waals surface area contributed by atoms with E-state index in [2.05, 4.69) is 19.2 Å². The van der Waals surface area contributed by atoms with E-state index >= 15 is 0 Å². The minimum atomic E-state index is 0.443. The van der Waals surface area contributed by atoms with Gasteiger partial charge in [-0.25, -0.2) is 9.97 Å². The highest BCUT2D eigenvalue weighted by atomic mass is 35.5. The van der Waals surface area contributed by atoms with Crippen molar-refractivity contribution in [3.05, 3.63) is 28.1 Å². The van der Waals surface area contributed by atoms with Crippen molar-refractivity contribution in [2.24, 2.45) is 0 Å². The Kier molecular flexibility index (Phi) is 2.61. The monoisotopic (exact) mass is 244 g/mol. The van der Waals surface area contributed by atoms with Gasteiger partial charge in [-0.3, -0.25) is 0 Å². The zero-order valence-corrected chi connectivity index (χ0v) is 10.0. The number of hydrogen-bond acceptors (Lipinski definition) is 2. The van der Waals surface area contributed by atoms with Gasteiger partial charge in [0.05, 0.1) is 5.52 Å². The molecule has 2 nitrogen and oxygen atoms in total. The molecular weight excluding hydrogens is 238 g/mol. The Labute approximate surface area is 93.9 Å². The summed E-state index contributed by atoms with van der Waals surface area (Å²) >= 11 is 11.9. The van der Waals surface area contributed by atoms with Crippen LogP contribution < -0.4 is 5.30 Å². The van der Waals surface area contributed by atoms with Gasteiger partial charge in [-0.1, -0.05) is 23.2 Å². The van der Waals surface area contributed by atoms with Crippen molar-refractivity contribution < 1.29 is 0 Å². The Morgan fingerprint density at radius 1 is 1.21 bits per heavy atom. The van der Waals surface area contributed by atoms with Gasteiger partial charge in [0.25, 0.3) is 0 Å². The quantitative estimate of drug-likeness (QED) is 0.526. The predicted molar refractivity (Wildman–Crippen MR) is 63.6 cm³/mol. The molecule has 0 aliphatic heterocycles. The van der Waals surface area contributed by atoms with E-state index in [9.17, 15) is 0 Å². The van der Waals surface area contributed by atoms with Gasteiger partial charge in [0.1, 0.15) is 11.0 Å². The Morgan fingerprint density at radius 2 is 1.93 bits per heavy atom. The SMILES string of the molecule is Cc1nc(Cl)c2cc(Cl)cc(P)c2n1. The number of benzene rings is 1. The summed E-state index contributed by atoms with van der Waals surface area (Å²) in [5, 5.41) is 2.80. The van der Waals surface area contributed by atoms with E-state index in [0.29, 0.717) is 16.0 Å². The standard InChI is InChI=1S/C9H7Cl2N2P/c1-4-12-8-6(9(11)13-4)2-5(10)3-7(8)14/h2-3H,14H2,1H3. The van der Waals surface area contributed by atoms with Gasteiger partial charge in [0, 0.05) is 10.4 Å². The lowest BCUT2D eigenvalue weighted by atomic mass is 10.2. The third kappa shape index (κ3) is 1.70. The van der Waals surface area contributed by atoms with Crippen LogP contribution in [0, 0.1) is 6.92 Å². The van der Waals surface area contributed by atoms with E-state index in [0.717, 1.165) is 16.2 Å². The molecule has 1 atom stereocenters. The van der Waals surface area contributed by atoms with E-state index in [1.807, 2.05) is 13.0 Å². The number of hydrogen-bond donors (Lipinski definition) is 0. The van der Waals surface area contributed by atoms with Crippen molar-refractivity contribution in [3.8, 4) is 0 Å². The second kappa shape index (κ2) is 3.62. The fraction of sp³-hybridized carbons (Fsp3) is 0.111. The van der Waals surface area contributed by atoms with Crippen LogP contribution in [0.4, 0.5) is 0 Å². The zero-order chi connectivity index (χ0) is 10.3. The number of nitrogens with zero attached hydrogens (tertiary/aromatic N) is 2. The number of fused-ring (bicyclic) bond motifs is 1. The molecular formula is C9H7Cl2N2P. The molecule has 14 heavy (non-hydrogen) atoms. The molecule has 0 N–H and O–H groups in total. The molecule has 0 fully saturated rings. The number of halogens is 2. The van der Waals surface area contributed by atoms with Crippen LogP contribution >= 0.6 is 32.4 Å². The fourth-order valence-electron chi connectivity index (χ4n) is 1.29. The molecule has 0 aliphatic carbocycles. The molecule has 0 amide bonds. The summed E-state index contributed by atoms with van der Waals surface area (Å²) in [6.07, 6.45) is 0. The maximum Gasteiger partial charge on any atom is 0.140 e. The van der Waals surface area contributed by atoms with Crippen molar-refractivity contribution >= 4 is 48.6 Å². The minimum absolute atomic E-state index is 0.443. The fourth-order valence-corrected chi connectivity index (χ4v) is 2.29. The molecule has 2 rings (SSSR count). The third-order valence-electron chi connectivity index (χ3n) is 1.86. The van der Waals surface area contributed by atoms with Gasteiger partial charge < -0.3 is 0 Å². The molecule has 0 spiro atoms. The van der Waals surface area contributed by atoms with Crippen LogP contribution in [0.1, 0.15) is 5.82 Å². The smallest absolute Gasteiger partial charge is 0.140 e. The van der Waals surface area contributed by atoms with Gasteiger partial charge in [0.15, 0.2) is 0 Å². The van der Waals surface area contributed by atoms with E-state index < -0.39 is 0 Å². The summed E-state index contributed by atoms with van der Waals surface area (Å²) in [5.41, 5.74) is 0.830. The highest BCUT2D eigenvalue weighted by Crippen LogP contribution is 2.23. The summed E-state index contributed by atoms with van der Waals surface area (Å²) in [7, 11) is 2.59. The van der Waals surface area contributed by atoms with Crippen molar-refractivity contribution in [2.45, 2.75) is 6.92 Å². The first-order chi connectivity index (χ1) is 6.58. The first kappa shape index (κ1) is 10.1. The molecule has 0 bridgehead atoms. The molecule has 2 aromatic rings. The number of aryl methyl sites for hydroxylation is 1. The molecule has 5 heteroatoms. The van der Waals surface area contributed by atoms with E-state index in [1.165, 1.54) is 0 Å². The summed E-state index contributed by atoms with van der Waals surface area (Å²) in [4.78, 5) is 8.37. The van der Waals surface area contributed by atoms with Crippen molar-refractivity contribution in [2.75, 3.05) is 0 Å². The number of rotatable bonds is 0. The molecule has 0 saturated carbocycles. The summed E-state index contributed by atoms with van der Waals surface area (Å²) in [6.45, 7) is 1.81. The first-order valence-corrected chi connectivity index (χ1v) is 5.30. The highest BCUT2D eigenvalue weighted by molar-refractivity contribution is 7.28. The van der Waals surface area contributed by atoms with Crippen molar-refractivity contribution in [1.29, 1.82) is 0 Å². The van der Waals surface area contributed by atoms with Gasteiger partial charge in [-0.2, -0.15) is 0 Å². The lowest BCUT2D eigenvalue weighted by Gasteiger charge is -2.04. The lowest BCUT2D eigenvalue weighted by Crippen LogP contribution is -2.00. The molecule has 1 aromatic heterocycles. The second-order valence-electron chi connectivity index (χ2n) is 2.95. The van der Waals surface area contributed by atoms with E-state index in [1.54, 1.807) is 6.07 Å². The predicted octanol–water partition coefficient (Wildman–Crippen LogP) is 2.75. The number of aromatic nitrogens is 2. The van der Waals surface area contributed by atoms with Crippen molar-refractivity contribution in [3.63, 3.8) is 0 Å².